The van der Waals surface area contributed by atoms with E-state index in [4.69, 9.17) is 11.6 Å². The monoisotopic (exact) mass is 322 g/mol. The van der Waals surface area contributed by atoms with Gasteiger partial charge in [0.25, 0.3) is 15.9 Å². The van der Waals surface area contributed by atoms with Crippen LogP contribution in [-0.2, 0) is 16.6 Å². The molecule has 5 nitrogen and oxygen atoms in total. The van der Waals surface area contributed by atoms with Crippen LogP contribution < -0.4 is 10.0 Å². The second-order valence-electron chi connectivity index (χ2n) is 4.59. The zero-order chi connectivity index (χ0) is 15.0. The second-order valence-corrected chi connectivity index (χ2v) is 6.65. The molecule has 21 heavy (non-hydrogen) atoms. The molecule has 0 spiro atoms. The summed E-state index contributed by atoms with van der Waals surface area (Å²) in [6.45, 7) is 0.399. The highest BCUT2D eigenvalue weighted by Crippen LogP contribution is 2.25. The topological polar surface area (TPSA) is 75.3 Å². The number of amides is 1. The third-order valence-corrected chi connectivity index (χ3v) is 5.05. The van der Waals surface area contributed by atoms with Gasteiger partial charge < -0.3 is 5.32 Å². The molecule has 1 heterocycles. The summed E-state index contributed by atoms with van der Waals surface area (Å²) >= 11 is 5.91. The average molecular weight is 323 g/mol. The van der Waals surface area contributed by atoms with E-state index in [-0.39, 0.29) is 15.8 Å². The number of carbonyl (C=O) groups is 1. The molecule has 0 saturated heterocycles. The van der Waals surface area contributed by atoms with Crippen LogP contribution in [0.3, 0.4) is 0 Å². The summed E-state index contributed by atoms with van der Waals surface area (Å²) in [7, 11) is -3.76. The van der Waals surface area contributed by atoms with Crippen LogP contribution in [0, 0.1) is 0 Å². The van der Waals surface area contributed by atoms with Gasteiger partial charge in [-0.25, -0.2) is 8.42 Å². The van der Waals surface area contributed by atoms with Gasteiger partial charge in [0.15, 0.2) is 0 Å². The highest BCUT2D eigenvalue weighted by atomic mass is 35.5. The lowest BCUT2D eigenvalue weighted by Gasteiger charge is -2.10. The van der Waals surface area contributed by atoms with Crippen LogP contribution in [0.1, 0.15) is 15.9 Å². The lowest BCUT2D eigenvalue weighted by atomic mass is 10.1. The number of sulfonamides is 1. The standard InChI is InChI=1S/C14H11ClN2O3S/c15-12-3-1-2-4-13(12)21(19,20)17-10-5-6-11-9(7-10)8-16-14(11)18/h1-7,17H,8H2,(H,16,18). The van der Waals surface area contributed by atoms with Crippen molar-refractivity contribution in [3.05, 3.63) is 58.6 Å². The number of hydrogen-bond acceptors (Lipinski definition) is 3. The molecule has 1 aliphatic heterocycles. The fraction of sp³-hybridized carbons (Fsp3) is 0.0714. The quantitative estimate of drug-likeness (QED) is 0.911. The summed E-state index contributed by atoms with van der Waals surface area (Å²) in [4.78, 5) is 11.5. The number of halogens is 1. The molecule has 2 N–H and O–H groups in total. The van der Waals surface area contributed by atoms with E-state index in [2.05, 4.69) is 10.0 Å². The van der Waals surface area contributed by atoms with Crippen molar-refractivity contribution in [2.75, 3.05) is 4.72 Å². The van der Waals surface area contributed by atoms with Crippen LogP contribution in [0.15, 0.2) is 47.4 Å². The summed E-state index contributed by atoms with van der Waals surface area (Å²) in [5.74, 6) is -0.148. The summed E-state index contributed by atoms with van der Waals surface area (Å²) in [5.41, 5.74) is 1.72. The van der Waals surface area contributed by atoms with Crippen LogP contribution in [0.2, 0.25) is 5.02 Å². The number of hydrogen-bond donors (Lipinski definition) is 2. The Morgan fingerprint density at radius 3 is 2.67 bits per heavy atom. The van der Waals surface area contributed by atoms with Gasteiger partial charge in [-0.2, -0.15) is 0 Å². The van der Waals surface area contributed by atoms with Gasteiger partial charge in [0.05, 0.1) is 5.02 Å². The zero-order valence-electron chi connectivity index (χ0n) is 10.8. The lowest BCUT2D eigenvalue weighted by molar-refractivity contribution is 0.0966. The van der Waals surface area contributed by atoms with Gasteiger partial charge >= 0.3 is 0 Å². The third-order valence-electron chi connectivity index (χ3n) is 3.17. The number of nitrogens with one attached hydrogen (secondary N) is 2. The van der Waals surface area contributed by atoms with E-state index in [0.717, 1.165) is 5.56 Å². The highest BCUT2D eigenvalue weighted by Gasteiger charge is 2.21. The van der Waals surface area contributed by atoms with E-state index >= 15 is 0 Å². The molecule has 0 bridgehead atoms. The first kappa shape index (κ1) is 13.9. The van der Waals surface area contributed by atoms with Gasteiger partial charge in [-0.15, -0.1) is 0 Å². The van der Waals surface area contributed by atoms with E-state index in [1.165, 1.54) is 12.1 Å². The first-order valence-electron chi connectivity index (χ1n) is 6.16. The van der Waals surface area contributed by atoms with E-state index in [1.807, 2.05) is 0 Å². The van der Waals surface area contributed by atoms with Crippen molar-refractivity contribution in [3.8, 4) is 0 Å². The molecule has 1 aliphatic rings. The predicted octanol–water partition coefficient (Wildman–Crippen LogP) is 2.38. The maximum Gasteiger partial charge on any atom is 0.263 e. The molecule has 0 saturated carbocycles. The Morgan fingerprint density at radius 2 is 1.90 bits per heavy atom. The smallest absolute Gasteiger partial charge is 0.263 e. The maximum absolute atomic E-state index is 12.3. The first-order chi connectivity index (χ1) is 9.97. The third kappa shape index (κ3) is 2.59. The molecule has 2 aromatic rings. The summed E-state index contributed by atoms with van der Waals surface area (Å²) in [6.07, 6.45) is 0. The Kier molecular flexibility index (Phi) is 3.35. The minimum Gasteiger partial charge on any atom is -0.348 e. The van der Waals surface area contributed by atoms with Gasteiger partial charge in [0.2, 0.25) is 0 Å². The number of fused-ring (bicyclic) bond motifs is 1. The highest BCUT2D eigenvalue weighted by molar-refractivity contribution is 7.92. The maximum atomic E-state index is 12.3. The van der Waals surface area contributed by atoms with Gasteiger partial charge in [-0.3, -0.25) is 9.52 Å². The number of carbonyl (C=O) groups excluding carboxylic acids is 1. The molecule has 0 aliphatic carbocycles. The van der Waals surface area contributed by atoms with Crippen LogP contribution in [0.25, 0.3) is 0 Å². The van der Waals surface area contributed by atoms with Crippen LogP contribution >= 0.6 is 11.6 Å². The SMILES string of the molecule is O=C1NCc2cc(NS(=O)(=O)c3ccccc3Cl)ccc21. The summed E-state index contributed by atoms with van der Waals surface area (Å²) in [5, 5.41) is 2.83. The Hall–Kier alpha value is -2.05. The van der Waals surface area contributed by atoms with Gasteiger partial charge in [0.1, 0.15) is 4.90 Å². The first-order valence-corrected chi connectivity index (χ1v) is 8.02. The fourth-order valence-corrected chi connectivity index (χ4v) is 3.74. The fourth-order valence-electron chi connectivity index (χ4n) is 2.17. The van der Waals surface area contributed by atoms with E-state index in [9.17, 15) is 13.2 Å². The molecule has 3 rings (SSSR count). The molecule has 0 fully saturated rings. The molecule has 0 radical (unpaired) electrons. The average Bonchev–Trinajstić information content (AvgIpc) is 2.80. The van der Waals surface area contributed by atoms with E-state index in [0.29, 0.717) is 17.8 Å². The minimum atomic E-state index is -3.76. The number of rotatable bonds is 3. The Labute approximate surface area is 127 Å². The van der Waals surface area contributed by atoms with Crippen molar-refractivity contribution in [3.63, 3.8) is 0 Å². The van der Waals surface area contributed by atoms with Crippen LogP contribution in [0.5, 0.6) is 0 Å². The molecule has 7 heteroatoms. The summed E-state index contributed by atoms with van der Waals surface area (Å²) < 4.78 is 27.1. The van der Waals surface area contributed by atoms with E-state index in [1.54, 1.807) is 30.3 Å². The largest absolute Gasteiger partial charge is 0.348 e. The van der Waals surface area contributed by atoms with Crippen molar-refractivity contribution in [2.24, 2.45) is 0 Å². The van der Waals surface area contributed by atoms with Crippen LogP contribution in [0.4, 0.5) is 5.69 Å². The van der Waals surface area contributed by atoms with Gasteiger partial charge in [-0.1, -0.05) is 23.7 Å². The normalized spacial score (nSPS) is 13.7. The van der Waals surface area contributed by atoms with Gasteiger partial charge in [-0.05, 0) is 35.9 Å². The van der Waals surface area contributed by atoms with Crippen LogP contribution in [-0.4, -0.2) is 14.3 Å². The van der Waals surface area contributed by atoms with Crippen molar-refractivity contribution < 1.29 is 13.2 Å². The molecule has 2 aromatic carbocycles. The zero-order valence-corrected chi connectivity index (χ0v) is 12.3. The molecule has 0 aromatic heterocycles. The number of benzene rings is 2. The summed E-state index contributed by atoms with van der Waals surface area (Å²) in [6, 6.07) is 11.0. The minimum absolute atomic E-state index is 0.0152. The molecule has 1 amide bonds. The Bertz CT molecular complexity index is 834. The Morgan fingerprint density at radius 1 is 1.14 bits per heavy atom. The second kappa shape index (κ2) is 5.05. The van der Waals surface area contributed by atoms with Crippen molar-refractivity contribution in [1.29, 1.82) is 0 Å². The van der Waals surface area contributed by atoms with Gasteiger partial charge in [0, 0.05) is 17.8 Å². The van der Waals surface area contributed by atoms with Crippen molar-refractivity contribution >= 4 is 33.2 Å². The lowest BCUT2D eigenvalue weighted by Crippen LogP contribution is -2.13. The molecule has 108 valence electrons. The molecular formula is C14H11ClN2O3S. The molecular weight excluding hydrogens is 312 g/mol. The van der Waals surface area contributed by atoms with Crippen molar-refractivity contribution in [1.82, 2.24) is 5.32 Å². The van der Waals surface area contributed by atoms with E-state index < -0.39 is 10.0 Å². The predicted molar refractivity (Wildman–Crippen MR) is 79.9 cm³/mol. The molecule has 0 atom stereocenters. The number of anilines is 1. The van der Waals surface area contributed by atoms with Crippen molar-refractivity contribution in [2.45, 2.75) is 11.4 Å². The molecule has 0 unspecified atom stereocenters. The Balaban J connectivity index is 1.94.